The maximum absolute atomic E-state index is 5.82. The molecule has 0 aromatic carbocycles. The van der Waals surface area contributed by atoms with Crippen LogP contribution in [0.4, 0.5) is 0 Å². The Morgan fingerprint density at radius 2 is 2.44 bits per heavy atom. The molecule has 4 heteroatoms. The highest BCUT2D eigenvalue weighted by atomic mass is 32.1. The van der Waals surface area contributed by atoms with E-state index in [-0.39, 0.29) is 5.41 Å². The third-order valence-corrected chi connectivity index (χ3v) is 4.87. The van der Waals surface area contributed by atoms with Crippen LogP contribution in [0.3, 0.4) is 0 Å². The van der Waals surface area contributed by atoms with E-state index < -0.39 is 0 Å². The first-order valence-corrected chi connectivity index (χ1v) is 7.77. The minimum atomic E-state index is 0.236. The fourth-order valence-corrected chi connectivity index (χ4v) is 3.57. The molecule has 0 radical (unpaired) electrons. The zero-order chi connectivity index (χ0) is 13.0. The van der Waals surface area contributed by atoms with Gasteiger partial charge in [-0.05, 0) is 33.2 Å². The number of aryl methyl sites for hydroxylation is 1. The zero-order valence-electron chi connectivity index (χ0n) is 11.7. The van der Waals surface area contributed by atoms with Crippen molar-refractivity contribution in [1.82, 2.24) is 10.3 Å². The average molecular weight is 268 g/mol. The molecule has 0 bridgehead atoms. The van der Waals surface area contributed by atoms with E-state index in [1.807, 2.05) is 0 Å². The fourth-order valence-electron chi connectivity index (χ4n) is 2.64. The Labute approximate surface area is 114 Å². The molecule has 2 unspecified atom stereocenters. The Bertz CT molecular complexity index is 380. The molecule has 102 valence electrons. The van der Waals surface area contributed by atoms with Crippen LogP contribution in [0.25, 0.3) is 0 Å². The van der Waals surface area contributed by atoms with Crippen molar-refractivity contribution < 1.29 is 4.74 Å². The standard InChI is InChI=1S/C14H24N2OS/c1-4-6-15-10-14(5-7-17-12(14)3)8-13-16-11(2)9-18-13/h9,12,15H,4-8,10H2,1-3H3. The molecule has 1 saturated heterocycles. The lowest BCUT2D eigenvalue weighted by atomic mass is 9.78. The van der Waals surface area contributed by atoms with Gasteiger partial charge in [0.05, 0.1) is 11.1 Å². The third kappa shape index (κ3) is 3.11. The summed E-state index contributed by atoms with van der Waals surface area (Å²) in [5.41, 5.74) is 1.37. The fraction of sp³-hybridized carbons (Fsp3) is 0.786. The van der Waals surface area contributed by atoms with Gasteiger partial charge in [0.2, 0.25) is 0 Å². The van der Waals surface area contributed by atoms with Crippen molar-refractivity contribution >= 4 is 11.3 Å². The van der Waals surface area contributed by atoms with Crippen LogP contribution >= 0.6 is 11.3 Å². The quantitative estimate of drug-likeness (QED) is 0.806. The molecule has 0 aliphatic carbocycles. The zero-order valence-corrected chi connectivity index (χ0v) is 12.5. The van der Waals surface area contributed by atoms with Crippen LogP contribution in [0, 0.1) is 12.3 Å². The first-order valence-electron chi connectivity index (χ1n) is 6.89. The van der Waals surface area contributed by atoms with Crippen molar-refractivity contribution in [3.8, 4) is 0 Å². The maximum atomic E-state index is 5.82. The largest absolute Gasteiger partial charge is 0.378 e. The van der Waals surface area contributed by atoms with Crippen molar-refractivity contribution in [3.05, 3.63) is 16.1 Å². The van der Waals surface area contributed by atoms with Crippen LogP contribution in [0.15, 0.2) is 5.38 Å². The van der Waals surface area contributed by atoms with Crippen LogP contribution in [0.2, 0.25) is 0 Å². The van der Waals surface area contributed by atoms with E-state index >= 15 is 0 Å². The molecule has 2 atom stereocenters. The molecular formula is C14H24N2OS. The summed E-state index contributed by atoms with van der Waals surface area (Å²) >= 11 is 1.78. The summed E-state index contributed by atoms with van der Waals surface area (Å²) in [7, 11) is 0. The molecule has 1 aromatic rings. The van der Waals surface area contributed by atoms with Gasteiger partial charge in [-0.15, -0.1) is 11.3 Å². The van der Waals surface area contributed by atoms with Gasteiger partial charge in [-0.25, -0.2) is 4.98 Å². The first kappa shape index (κ1) is 14.0. The van der Waals surface area contributed by atoms with E-state index in [1.165, 1.54) is 11.4 Å². The number of rotatable bonds is 6. The predicted molar refractivity (Wildman–Crippen MR) is 76.2 cm³/mol. The lowest BCUT2D eigenvalue weighted by Gasteiger charge is -2.32. The number of hydrogen-bond acceptors (Lipinski definition) is 4. The summed E-state index contributed by atoms with van der Waals surface area (Å²) in [6, 6.07) is 0. The molecule has 2 rings (SSSR count). The minimum absolute atomic E-state index is 0.236. The second-order valence-electron chi connectivity index (χ2n) is 5.36. The Balaban J connectivity index is 2.04. The highest BCUT2D eigenvalue weighted by molar-refractivity contribution is 7.09. The SMILES string of the molecule is CCCNCC1(Cc2nc(C)cs2)CCOC1C. The van der Waals surface area contributed by atoms with Gasteiger partial charge in [0.25, 0.3) is 0 Å². The summed E-state index contributed by atoms with van der Waals surface area (Å²) in [5.74, 6) is 0. The van der Waals surface area contributed by atoms with Crippen LogP contribution in [-0.2, 0) is 11.2 Å². The molecule has 2 heterocycles. The van der Waals surface area contributed by atoms with Crippen molar-refractivity contribution in [3.63, 3.8) is 0 Å². The summed E-state index contributed by atoms with van der Waals surface area (Å²) in [4.78, 5) is 4.62. The van der Waals surface area contributed by atoms with Crippen molar-refractivity contribution in [2.45, 2.75) is 46.1 Å². The molecule has 0 saturated carbocycles. The third-order valence-electron chi connectivity index (χ3n) is 3.90. The molecule has 3 nitrogen and oxygen atoms in total. The molecule has 0 amide bonds. The molecule has 0 spiro atoms. The Morgan fingerprint density at radius 1 is 1.61 bits per heavy atom. The van der Waals surface area contributed by atoms with Crippen LogP contribution < -0.4 is 5.32 Å². The summed E-state index contributed by atoms with van der Waals surface area (Å²) in [5, 5.41) is 6.97. The Hall–Kier alpha value is -0.450. The monoisotopic (exact) mass is 268 g/mol. The van der Waals surface area contributed by atoms with Gasteiger partial charge in [0, 0.05) is 36.1 Å². The van der Waals surface area contributed by atoms with Crippen LogP contribution in [-0.4, -0.2) is 30.8 Å². The molecular weight excluding hydrogens is 244 g/mol. The lowest BCUT2D eigenvalue weighted by molar-refractivity contribution is 0.0630. The van der Waals surface area contributed by atoms with Crippen molar-refractivity contribution in [2.24, 2.45) is 5.41 Å². The summed E-state index contributed by atoms with van der Waals surface area (Å²) in [6.45, 7) is 9.50. The number of ether oxygens (including phenoxy) is 1. The van der Waals surface area contributed by atoms with Gasteiger partial charge in [0.1, 0.15) is 0 Å². The topological polar surface area (TPSA) is 34.2 Å². The van der Waals surface area contributed by atoms with Crippen molar-refractivity contribution in [1.29, 1.82) is 0 Å². The summed E-state index contributed by atoms with van der Waals surface area (Å²) < 4.78 is 5.82. The molecule has 1 N–H and O–H groups in total. The summed E-state index contributed by atoms with van der Waals surface area (Å²) in [6.07, 6.45) is 3.69. The highest BCUT2D eigenvalue weighted by Crippen LogP contribution is 2.38. The molecule has 1 fully saturated rings. The molecule has 1 aliphatic rings. The van der Waals surface area contributed by atoms with E-state index in [1.54, 1.807) is 11.3 Å². The number of nitrogens with zero attached hydrogens (tertiary/aromatic N) is 1. The molecule has 18 heavy (non-hydrogen) atoms. The Morgan fingerprint density at radius 3 is 3.00 bits per heavy atom. The van der Waals surface area contributed by atoms with Crippen molar-refractivity contribution in [2.75, 3.05) is 19.7 Å². The first-order chi connectivity index (χ1) is 8.66. The number of nitrogens with one attached hydrogen (secondary N) is 1. The maximum Gasteiger partial charge on any atom is 0.0935 e. The van der Waals surface area contributed by atoms with E-state index in [2.05, 4.69) is 36.5 Å². The van der Waals surface area contributed by atoms with E-state index in [4.69, 9.17) is 4.74 Å². The van der Waals surface area contributed by atoms with E-state index in [9.17, 15) is 0 Å². The van der Waals surface area contributed by atoms with Gasteiger partial charge in [-0.1, -0.05) is 6.92 Å². The van der Waals surface area contributed by atoms with Gasteiger partial charge in [0.15, 0.2) is 0 Å². The second kappa shape index (κ2) is 6.13. The predicted octanol–water partition coefficient (Wildman–Crippen LogP) is 2.79. The number of thiazole rings is 1. The van der Waals surface area contributed by atoms with Gasteiger partial charge in [-0.2, -0.15) is 0 Å². The van der Waals surface area contributed by atoms with Gasteiger partial charge < -0.3 is 10.1 Å². The lowest BCUT2D eigenvalue weighted by Crippen LogP contribution is -2.41. The highest BCUT2D eigenvalue weighted by Gasteiger charge is 2.41. The molecule has 1 aliphatic heterocycles. The average Bonchev–Trinajstić information content (AvgIpc) is 2.88. The normalized spacial score (nSPS) is 27.8. The van der Waals surface area contributed by atoms with Crippen LogP contribution in [0.1, 0.15) is 37.4 Å². The second-order valence-corrected chi connectivity index (χ2v) is 6.30. The number of hydrogen-bond donors (Lipinski definition) is 1. The smallest absolute Gasteiger partial charge is 0.0935 e. The van der Waals surface area contributed by atoms with Gasteiger partial charge >= 0.3 is 0 Å². The number of aromatic nitrogens is 1. The Kier molecular flexibility index (Phi) is 4.76. The minimum Gasteiger partial charge on any atom is -0.378 e. The van der Waals surface area contributed by atoms with Gasteiger partial charge in [-0.3, -0.25) is 0 Å². The van der Waals surface area contributed by atoms with Crippen LogP contribution in [0.5, 0.6) is 0 Å². The van der Waals surface area contributed by atoms with E-state index in [0.29, 0.717) is 6.10 Å². The van der Waals surface area contributed by atoms with E-state index in [0.717, 1.165) is 38.2 Å². The molecule has 1 aromatic heterocycles.